The maximum Gasteiger partial charge on any atom is 0.252 e. The normalized spacial score (nSPS) is 10.4. The third-order valence-corrected chi connectivity index (χ3v) is 4.43. The Labute approximate surface area is 139 Å². The minimum atomic E-state index is -0.0980. The first-order valence-electron chi connectivity index (χ1n) is 7.47. The summed E-state index contributed by atoms with van der Waals surface area (Å²) in [7, 11) is 0. The van der Waals surface area contributed by atoms with E-state index < -0.39 is 0 Å². The van der Waals surface area contributed by atoms with E-state index in [9.17, 15) is 4.79 Å². The van der Waals surface area contributed by atoms with Gasteiger partial charge in [0.2, 0.25) is 0 Å². The van der Waals surface area contributed by atoms with Gasteiger partial charge in [-0.25, -0.2) is 4.98 Å². The predicted molar refractivity (Wildman–Crippen MR) is 91.6 cm³/mol. The lowest BCUT2D eigenvalue weighted by atomic mass is 10.1. The largest absolute Gasteiger partial charge is 0.352 e. The van der Waals surface area contributed by atoms with Crippen molar-refractivity contribution in [3.05, 3.63) is 82.1 Å². The Bertz CT molecular complexity index is 756. The van der Waals surface area contributed by atoms with Gasteiger partial charge < -0.3 is 5.32 Å². The van der Waals surface area contributed by atoms with Gasteiger partial charge in [0.25, 0.3) is 5.91 Å². The van der Waals surface area contributed by atoms with Crippen molar-refractivity contribution in [3.63, 3.8) is 0 Å². The zero-order valence-electron chi connectivity index (χ0n) is 12.6. The Kier molecular flexibility index (Phi) is 5.11. The summed E-state index contributed by atoms with van der Waals surface area (Å²) in [5, 5.41) is 3.94. The number of amides is 1. The van der Waals surface area contributed by atoms with Crippen molar-refractivity contribution >= 4 is 17.2 Å². The standard InChI is InChI=1S/C18H17N3OS/c22-18(15-7-4-9-19-12-15)20-10-8-17-21-13-16(23-17)11-14-5-2-1-3-6-14/h1-7,9,12-13H,8,10-11H2,(H,20,22). The Morgan fingerprint density at radius 3 is 2.74 bits per heavy atom. The molecule has 0 fully saturated rings. The summed E-state index contributed by atoms with van der Waals surface area (Å²) in [6, 6.07) is 13.9. The summed E-state index contributed by atoms with van der Waals surface area (Å²) in [6.45, 7) is 0.575. The van der Waals surface area contributed by atoms with Crippen LogP contribution in [0.15, 0.2) is 61.1 Å². The molecule has 116 valence electrons. The zero-order chi connectivity index (χ0) is 15.9. The van der Waals surface area contributed by atoms with Crippen LogP contribution in [0.4, 0.5) is 0 Å². The van der Waals surface area contributed by atoms with Gasteiger partial charge in [0.05, 0.1) is 10.6 Å². The molecular weight excluding hydrogens is 306 g/mol. The molecule has 0 aliphatic carbocycles. The third kappa shape index (κ3) is 4.47. The molecule has 0 aliphatic rings. The number of thiazole rings is 1. The van der Waals surface area contributed by atoms with E-state index in [1.54, 1.807) is 35.9 Å². The summed E-state index contributed by atoms with van der Waals surface area (Å²) in [4.78, 5) is 21.5. The number of rotatable bonds is 6. The zero-order valence-corrected chi connectivity index (χ0v) is 13.4. The smallest absolute Gasteiger partial charge is 0.252 e. The highest BCUT2D eigenvalue weighted by Crippen LogP contribution is 2.17. The van der Waals surface area contributed by atoms with Crippen molar-refractivity contribution in [3.8, 4) is 0 Å². The molecule has 0 radical (unpaired) electrons. The van der Waals surface area contributed by atoms with Crippen LogP contribution in [0.3, 0.4) is 0 Å². The molecule has 2 heterocycles. The Hall–Kier alpha value is -2.53. The van der Waals surface area contributed by atoms with E-state index in [4.69, 9.17) is 0 Å². The van der Waals surface area contributed by atoms with Crippen molar-refractivity contribution in [2.75, 3.05) is 6.54 Å². The number of carbonyl (C=O) groups is 1. The van der Waals surface area contributed by atoms with Crippen LogP contribution in [0, 0.1) is 0 Å². The number of aromatic nitrogens is 2. The molecule has 4 nitrogen and oxygen atoms in total. The molecule has 2 aromatic heterocycles. The van der Waals surface area contributed by atoms with Crippen molar-refractivity contribution in [1.29, 1.82) is 0 Å². The predicted octanol–water partition coefficient (Wildman–Crippen LogP) is 3.10. The van der Waals surface area contributed by atoms with Crippen LogP contribution < -0.4 is 5.32 Å². The maximum absolute atomic E-state index is 11.9. The molecule has 0 saturated heterocycles. The maximum atomic E-state index is 11.9. The van der Waals surface area contributed by atoms with Gasteiger partial charge in [-0.1, -0.05) is 30.3 Å². The summed E-state index contributed by atoms with van der Waals surface area (Å²) < 4.78 is 0. The van der Waals surface area contributed by atoms with E-state index in [1.807, 2.05) is 24.4 Å². The molecule has 3 aromatic rings. The molecule has 0 aliphatic heterocycles. The second-order valence-electron chi connectivity index (χ2n) is 5.13. The van der Waals surface area contributed by atoms with Gasteiger partial charge >= 0.3 is 0 Å². The van der Waals surface area contributed by atoms with Crippen LogP contribution in [0.1, 0.15) is 25.8 Å². The molecule has 1 aromatic carbocycles. The Morgan fingerprint density at radius 1 is 1.09 bits per heavy atom. The molecule has 0 bridgehead atoms. The summed E-state index contributed by atoms with van der Waals surface area (Å²) in [6.07, 6.45) is 6.79. The van der Waals surface area contributed by atoms with Crippen molar-refractivity contribution in [2.45, 2.75) is 12.8 Å². The monoisotopic (exact) mass is 323 g/mol. The molecular formula is C18H17N3OS. The van der Waals surface area contributed by atoms with E-state index in [0.29, 0.717) is 12.1 Å². The molecule has 23 heavy (non-hydrogen) atoms. The lowest BCUT2D eigenvalue weighted by Gasteiger charge is -2.03. The molecule has 0 saturated carbocycles. The van der Waals surface area contributed by atoms with Crippen LogP contribution in [-0.4, -0.2) is 22.4 Å². The van der Waals surface area contributed by atoms with Gasteiger partial charge in [0.15, 0.2) is 0 Å². The number of nitrogens with one attached hydrogen (secondary N) is 1. The minimum absolute atomic E-state index is 0.0980. The van der Waals surface area contributed by atoms with E-state index in [1.165, 1.54) is 10.4 Å². The van der Waals surface area contributed by atoms with E-state index >= 15 is 0 Å². The van der Waals surface area contributed by atoms with Gasteiger partial charge in [0, 0.05) is 42.9 Å². The average Bonchev–Trinajstić information content (AvgIpc) is 3.04. The molecule has 1 N–H and O–H groups in total. The fourth-order valence-corrected chi connectivity index (χ4v) is 3.18. The summed E-state index contributed by atoms with van der Waals surface area (Å²) >= 11 is 1.70. The molecule has 5 heteroatoms. The van der Waals surface area contributed by atoms with Gasteiger partial charge in [-0.15, -0.1) is 11.3 Å². The average molecular weight is 323 g/mol. The highest BCUT2D eigenvalue weighted by molar-refractivity contribution is 7.11. The Balaban J connectivity index is 1.49. The topological polar surface area (TPSA) is 54.9 Å². The number of nitrogens with zero attached hydrogens (tertiary/aromatic N) is 2. The quantitative estimate of drug-likeness (QED) is 0.758. The highest BCUT2D eigenvalue weighted by Gasteiger charge is 2.06. The second-order valence-corrected chi connectivity index (χ2v) is 6.33. The van der Waals surface area contributed by atoms with Crippen molar-refractivity contribution < 1.29 is 4.79 Å². The van der Waals surface area contributed by atoms with Crippen molar-refractivity contribution in [1.82, 2.24) is 15.3 Å². The van der Waals surface area contributed by atoms with Crippen LogP contribution in [0.5, 0.6) is 0 Å². The Morgan fingerprint density at radius 2 is 1.96 bits per heavy atom. The van der Waals surface area contributed by atoms with Crippen LogP contribution in [0.2, 0.25) is 0 Å². The molecule has 3 rings (SSSR count). The summed E-state index contributed by atoms with van der Waals surface area (Å²) in [5.74, 6) is -0.0980. The van der Waals surface area contributed by atoms with Gasteiger partial charge in [-0.3, -0.25) is 9.78 Å². The van der Waals surface area contributed by atoms with Gasteiger partial charge in [0.1, 0.15) is 0 Å². The SMILES string of the molecule is O=C(NCCc1ncc(Cc2ccccc2)s1)c1cccnc1. The highest BCUT2D eigenvalue weighted by atomic mass is 32.1. The number of benzene rings is 1. The third-order valence-electron chi connectivity index (χ3n) is 3.37. The lowest BCUT2D eigenvalue weighted by molar-refractivity contribution is 0.0954. The number of pyridine rings is 1. The van der Waals surface area contributed by atoms with Crippen LogP contribution in [-0.2, 0) is 12.8 Å². The van der Waals surface area contributed by atoms with Crippen molar-refractivity contribution in [2.24, 2.45) is 0 Å². The van der Waals surface area contributed by atoms with E-state index in [-0.39, 0.29) is 5.91 Å². The van der Waals surface area contributed by atoms with E-state index in [0.717, 1.165) is 17.8 Å². The van der Waals surface area contributed by atoms with Crippen LogP contribution >= 0.6 is 11.3 Å². The molecule has 0 spiro atoms. The van der Waals surface area contributed by atoms with E-state index in [2.05, 4.69) is 27.4 Å². The molecule has 1 amide bonds. The molecule has 0 unspecified atom stereocenters. The fraction of sp³-hybridized carbons (Fsp3) is 0.167. The van der Waals surface area contributed by atoms with Gasteiger partial charge in [-0.2, -0.15) is 0 Å². The molecule has 0 atom stereocenters. The van der Waals surface area contributed by atoms with Crippen LogP contribution in [0.25, 0.3) is 0 Å². The lowest BCUT2D eigenvalue weighted by Crippen LogP contribution is -2.25. The second kappa shape index (κ2) is 7.65. The first-order valence-corrected chi connectivity index (χ1v) is 8.28. The summed E-state index contributed by atoms with van der Waals surface area (Å²) in [5.41, 5.74) is 1.86. The number of carbonyl (C=O) groups excluding carboxylic acids is 1. The van der Waals surface area contributed by atoms with Gasteiger partial charge in [-0.05, 0) is 17.7 Å². The minimum Gasteiger partial charge on any atom is -0.352 e. The number of hydrogen-bond donors (Lipinski definition) is 1. The first kappa shape index (κ1) is 15.4. The first-order chi connectivity index (χ1) is 11.3. The fourth-order valence-electron chi connectivity index (χ4n) is 2.22. The number of hydrogen-bond acceptors (Lipinski definition) is 4.